The lowest BCUT2D eigenvalue weighted by Gasteiger charge is -2.21. The molecule has 2 saturated carbocycles. The summed E-state index contributed by atoms with van der Waals surface area (Å²) in [6.45, 7) is 0. The average Bonchev–Trinajstić information content (AvgIpc) is 2.48. The quantitative estimate of drug-likeness (QED) is 0.462. The maximum atomic E-state index is 11.9. The van der Waals surface area contributed by atoms with Crippen LogP contribution in [0.5, 0.6) is 0 Å². The van der Waals surface area contributed by atoms with Crippen LogP contribution in [0.15, 0.2) is 0 Å². The first-order chi connectivity index (χ1) is 10.7. The molecule has 2 aliphatic carbocycles. The first-order valence-electron chi connectivity index (χ1n) is 7.80. The highest BCUT2D eigenvalue weighted by Gasteiger charge is 2.48. The molecule has 0 heterocycles. The second-order valence-corrected chi connectivity index (χ2v) is 7.78. The molecule has 0 aromatic heterocycles. The van der Waals surface area contributed by atoms with E-state index in [0.717, 1.165) is 44.3 Å². The van der Waals surface area contributed by atoms with Crippen molar-refractivity contribution in [3.05, 3.63) is 0 Å². The van der Waals surface area contributed by atoms with Gasteiger partial charge in [-0.2, -0.15) is 34.2 Å². The molecule has 0 radical (unpaired) electrons. The van der Waals surface area contributed by atoms with Gasteiger partial charge in [-0.1, -0.05) is 25.7 Å². The largest absolute Gasteiger partial charge is 0.523 e. The molecule has 1 unspecified atom stereocenters. The highest BCUT2D eigenvalue weighted by Crippen LogP contribution is 2.29. The van der Waals surface area contributed by atoms with Crippen LogP contribution in [-0.4, -0.2) is 31.6 Å². The lowest BCUT2D eigenvalue weighted by Crippen LogP contribution is -2.31. The minimum Gasteiger partial charge on any atom is -0.299 e. The van der Waals surface area contributed by atoms with Gasteiger partial charge in [0.1, 0.15) is 5.78 Å². The van der Waals surface area contributed by atoms with Crippen LogP contribution in [0.4, 0.5) is 13.2 Å². The number of hydrogen-bond acceptors (Lipinski definition) is 5. The molecule has 136 valence electrons. The summed E-state index contributed by atoms with van der Waals surface area (Å²) in [6.07, 6.45) is 6.52. The van der Waals surface area contributed by atoms with Crippen molar-refractivity contribution in [3.8, 4) is 0 Å². The normalized spacial score (nSPS) is 24.0. The molecule has 0 spiro atoms. The lowest BCUT2D eigenvalue weighted by atomic mass is 9.89. The van der Waals surface area contributed by atoms with Crippen molar-refractivity contribution in [2.24, 2.45) is 5.92 Å². The number of thiol groups is 1. The van der Waals surface area contributed by atoms with Crippen molar-refractivity contribution in [2.45, 2.75) is 69.4 Å². The van der Waals surface area contributed by atoms with E-state index >= 15 is 0 Å². The van der Waals surface area contributed by atoms with E-state index in [4.69, 9.17) is 0 Å². The molecular formula is C14H23F3O4S2. The predicted octanol–water partition coefficient (Wildman–Crippen LogP) is 3.86. The standard InChI is InChI=1S/C7H11F3O3S.C7H12OS/c8-7(9,10)14(11,12)13-6-4-2-1-3-5-6;8-7-4-2-1-3-6(7)5-9/h6H,1-5H2;6,9H,1-5H2. The van der Waals surface area contributed by atoms with Crippen molar-refractivity contribution in [3.63, 3.8) is 0 Å². The Morgan fingerprint density at radius 1 is 1.04 bits per heavy atom. The van der Waals surface area contributed by atoms with Gasteiger partial charge in [0.2, 0.25) is 0 Å². The van der Waals surface area contributed by atoms with Crippen LogP contribution < -0.4 is 0 Å². The Morgan fingerprint density at radius 2 is 1.61 bits per heavy atom. The summed E-state index contributed by atoms with van der Waals surface area (Å²) in [5, 5.41) is 0. The Bertz CT molecular complexity index is 471. The maximum Gasteiger partial charge on any atom is 0.523 e. The van der Waals surface area contributed by atoms with Crippen LogP contribution >= 0.6 is 12.6 Å². The van der Waals surface area contributed by atoms with Gasteiger partial charge in [0.05, 0.1) is 6.10 Å². The van der Waals surface area contributed by atoms with Gasteiger partial charge in [0.15, 0.2) is 0 Å². The van der Waals surface area contributed by atoms with Gasteiger partial charge >= 0.3 is 15.6 Å². The van der Waals surface area contributed by atoms with Gasteiger partial charge < -0.3 is 0 Å². The lowest BCUT2D eigenvalue weighted by molar-refractivity contribution is -0.123. The molecule has 0 saturated heterocycles. The molecule has 2 fully saturated rings. The van der Waals surface area contributed by atoms with Gasteiger partial charge in [-0.15, -0.1) is 0 Å². The number of Topliss-reactive ketones (excluding diaryl/α,β-unsaturated/α-hetero) is 1. The molecule has 0 aliphatic heterocycles. The third-order valence-electron chi connectivity index (χ3n) is 4.00. The predicted molar refractivity (Wildman–Crippen MR) is 83.8 cm³/mol. The molecule has 4 nitrogen and oxygen atoms in total. The first kappa shape index (κ1) is 20.8. The summed E-state index contributed by atoms with van der Waals surface area (Å²) in [6, 6.07) is 0. The van der Waals surface area contributed by atoms with Crippen LogP contribution in [0.1, 0.15) is 57.8 Å². The van der Waals surface area contributed by atoms with Crippen molar-refractivity contribution < 1.29 is 30.6 Å². The topological polar surface area (TPSA) is 60.4 Å². The molecule has 0 aromatic carbocycles. The highest BCUT2D eigenvalue weighted by molar-refractivity contribution is 7.87. The molecule has 1 atom stereocenters. The van der Waals surface area contributed by atoms with Gasteiger partial charge in [-0.3, -0.25) is 8.98 Å². The monoisotopic (exact) mass is 376 g/mol. The van der Waals surface area contributed by atoms with E-state index in [2.05, 4.69) is 16.8 Å². The minimum absolute atomic E-state index is 0.280. The number of carbonyl (C=O) groups excluding carboxylic acids is 1. The minimum atomic E-state index is -5.40. The Morgan fingerprint density at radius 3 is 2.04 bits per heavy atom. The van der Waals surface area contributed by atoms with E-state index in [1.165, 1.54) is 6.42 Å². The molecule has 0 N–H and O–H groups in total. The molecule has 0 amide bonds. The van der Waals surface area contributed by atoms with Gasteiger partial charge in [0, 0.05) is 12.3 Å². The molecular weight excluding hydrogens is 353 g/mol. The van der Waals surface area contributed by atoms with Crippen molar-refractivity contribution >= 4 is 28.5 Å². The third-order valence-corrected chi connectivity index (χ3v) is 5.53. The van der Waals surface area contributed by atoms with E-state index in [0.29, 0.717) is 18.6 Å². The Balaban J connectivity index is 0.000000253. The number of hydrogen-bond donors (Lipinski definition) is 1. The molecule has 0 aromatic rings. The second kappa shape index (κ2) is 9.27. The zero-order valence-corrected chi connectivity index (χ0v) is 14.6. The third kappa shape index (κ3) is 7.01. The van der Waals surface area contributed by atoms with Crippen LogP contribution in [0.25, 0.3) is 0 Å². The zero-order chi connectivity index (χ0) is 17.5. The zero-order valence-electron chi connectivity index (χ0n) is 12.8. The number of rotatable bonds is 3. The van der Waals surface area contributed by atoms with Gasteiger partial charge in [-0.25, -0.2) is 0 Å². The fourth-order valence-electron chi connectivity index (χ4n) is 2.64. The summed E-state index contributed by atoms with van der Waals surface area (Å²) in [5.41, 5.74) is -5.30. The van der Waals surface area contributed by atoms with Crippen LogP contribution in [0.3, 0.4) is 0 Å². The molecule has 2 rings (SSSR count). The van der Waals surface area contributed by atoms with E-state index in [1.807, 2.05) is 0 Å². The van der Waals surface area contributed by atoms with E-state index in [1.54, 1.807) is 0 Å². The number of halogens is 3. The van der Waals surface area contributed by atoms with Crippen LogP contribution in [-0.2, 0) is 19.1 Å². The van der Waals surface area contributed by atoms with E-state index in [-0.39, 0.29) is 5.92 Å². The summed E-state index contributed by atoms with van der Waals surface area (Å²) in [4.78, 5) is 11.0. The molecule has 9 heteroatoms. The van der Waals surface area contributed by atoms with Crippen LogP contribution in [0.2, 0.25) is 0 Å². The van der Waals surface area contributed by atoms with Crippen molar-refractivity contribution in [1.29, 1.82) is 0 Å². The Kier molecular flexibility index (Phi) is 8.37. The summed E-state index contributed by atoms with van der Waals surface area (Å²) in [7, 11) is -5.40. The van der Waals surface area contributed by atoms with Crippen molar-refractivity contribution in [2.75, 3.05) is 5.75 Å². The number of ketones is 1. The molecule has 23 heavy (non-hydrogen) atoms. The van der Waals surface area contributed by atoms with E-state index < -0.39 is 21.7 Å². The van der Waals surface area contributed by atoms with Gasteiger partial charge in [-0.05, 0) is 31.4 Å². The summed E-state index contributed by atoms with van der Waals surface area (Å²) < 4.78 is 60.9. The van der Waals surface area contributed by atoms with Crippen molar-refractivity contribution in [1.82, 2.24) is 0 Å². The maximum absolute atomic E-state index is 11.9. The fraction of sp³-hybridized carbons (Fsp3) is 0.929. The smallest absolute Gasteiger partial charge is 0.299 e. The SMILES string of the molecule is O=C1CCCCC1CS.O=S(=O)(OC1CCCCC1)C(F)(F)F. The van der Waals surface area contributed by atoms with Gasteiger partial charge in [0.25, 0.3) is 0 Å². The Hall–Kier alpha value is -0.280. The Labute approximate surface area is 140 Å². The molecule has 2 aliphatic rings. The van der Waals surface area contributed by atoms with E-state index in [9.17, 15) is 26.4 Å². The van der Waals surface area contributed by atoms with Crippen LogP contribution in [0, 0.1) is 5.92 Å². The fourth-order valence-corrected chi connectivity index (χ4v) is 3.69. The summed E-state index contributed by atoms with van der Waals surface area (Å²) >= 11 is 4.10. The first-order valence-corrected chi connectivity index (χ1v) is 9.84. The number of alkyl halides is 3. The average molecular weight is 376 g/mol. The molecule has 0 bridgehead atoms. The second-order valence-electron chi connectivity index (χ2n) is 5.85. The highest BCUT2D eigenvalue weighted by atomic mass is 32.2. The summed E-state index contributed by atoms with van der Waals surface area (Å²) in [5.74, 6) is 1.46. The number of carbonyl (C=O) groups is 1.